The number of rotatable bonds is 2. The lowest BCUT2D eigenvalue weighted by Crippen LogP contribution is -2.37. The summed E-state index contributed by atoms with van der Waals surface area (Å²) in [7, 11) is 0. The minimum absolute atomic E-state index is 0.112. The van der Waals surface area contributed by atoms with Gasteiger partial charge in [0.05, 0.1) is 0 Å². The van der Waals surface area contributed by atoms with Crippen molar-refractivity contribution in [1.29, 1.82) is 0 Å². The van der Waals surface area contributed by atoms with Crippen LogP contribution in [0.5, 0.6) is 0 Å². The summed E-state index contributed by atoms with van der Waals surface area (Å²) in [6, 6.07) is 3.27. The van der Waals surface area contributed by atoms with Gasteiger partial charge in [-0.2, -0.15) is 0 Å². The molecule has 0 aliphatic heterocycles. The molecule has 0 aromatic heterocycles. The Balaban J connectivity index is 2.85. The first-order valence-corrected chi connectivity index (χ1v) is 5.00. The molecule has 1 atom stereocenters. The van der Waals surface area contributed by atoms with Crippen LogP contribution in [0.4, 0.5) is 8.78 Å². The predicted molar refractivity (Wildman–Crippen MR) is 57.5 cm³/mol. The van der Waals surface area contributed by atoms with E-state index in [0.717, 1.165) is 12.1 Å². The highest BCUT2D eigenvalue weighted by molar-refractivity contribution is 5.20. The zero-order valence-corrected chi connectivity index (χ0v) is 9.35. The molecule has 0 amide bonds. The van der Waals surface area contributed by atoms with Gasteiger partial charge in [-0.25, -0.2) is 8.78 Å². The van der Waals surface area contributed by atoms with Gasteiger partial charge in [-0.3, -0.25) is 0 Å². The molecule has 0 saturated heterocycles. The van der Waals surface area contributed by atoms with Gasteiger partial charge in [0, 0.05) is 6.04 Å². The van der Waals surface area contributed by atoms with E-state index in [-0.39, 0.29) is 11.5 Å². The zero-order chi connectivity index (χ0) is 11.6. The predicted octanol–water partition coefficient (Wildman–Crippen LogP) is 2.88. The summed E-state index contributed by atoms with van der Waals surface area (Å²) >= 11 is 0. The van der Waals surface area contributed by atoms with E-state index in [1.807, 2.05) is 20.8 Å². The van der Waals surface area contributed by atoms with E-state index < -0.39 is 11.6 Å². The van der Waals surface area contributed by atoms with Gasteiger partial charge in [0.1, 0.15) is 11.6 Å². The van der Waals surface area contributed by atoms with Gasteiger partial charge in [-0.05, 0) is 35.6 Å². The molecule has 1 aromatic carbocycles. The van der Waals surface area contributed by atoms with Crippen molar-refractivity contribution in [3.63, 3.8) is 0 Å². The summed E-state index contributed by atoms with van der Waals surface area (Å²) in [6.45, 7) is 5.94. The fourth-order valence-corrected chi connectivity index (χ4v) is 1.24. The molecule has 2 N–H and O–H groups in total. The second kappa shape index (κ2) is 4.27. The SMILES string of the molecule is CC(C)(C)C(N)Cc1cc(F)ccc1F. The fourth-order valence-electron chi connectivity index (χ4n) is 1.24. The average molecular weight is 213 g/mol. The Labute approximate surface area is 89.3 Å². The second-order valence-corrected chi connectivity index (χ2v) is 4.91. The van der Waals surface area contributed by atoms with Crippen molar-refractivity contribution < 1.29 is 8.78 Å². The Kier molecular flexibility index (Phi) is 3.45. The van der Waals surface area contributed by atoms with Gasteiger partial charge in [0.25, 0.3) is 0 Å². The van der Waals surface area contributed by atoms with E-state index in [9.17, 15) is 8.78 Å². The lowest BCUT2D eigenvalue weighted by Gasteiger charge is -2.27. The first kappa shape index (κ1) is 12.1. The molecule has 15 heavy (non-hydrogen) atoms. The second-order valence-electron chi connectivity index (χ2n) is 4.91. The first-order chi connectivity index (χ1) is 6.80. The van der Waals surface area contributed by atoms with Crippen LogP contribution < -0.4 is 5.73 Å². The normalized spacial score (nSPS) is 14.0. The van der Waals surface area contributed by atoms with Crippen molar-refractivity contribution in [3.05, 3.63) is 35.4 Å². The molecule has 3 heteroatoms. The van der Waals surface area contributed by atoms with Gasteiger partial charge in [-0.15, -0.1) is 0 Å². The molecular weight excluding hydrogens is 196 g/mol. The Morgan fingerprint density at radius 1 is 1.27 bits per heavy atom. The summed E-state index contributed by atoms with van der Waals surface area (Å²) < 4.78 is 26.2. The molecule has 0 fully saturated rings. The van der Waals surface area contributed by atoms with E-state index in [4.69, 9.17) is 5.73 Å². The van der Waals surface area contributed by atoms with Crippen molar-refractivity contribution in [1.82, 2.24) is 0 Å². The van der Waals surface area contributed by atoms with Crippen molar-refractivity contribution in [2.45, 2.75) is 33.2 Å². The first-order valence-electron chi connectivity index (χ1n) is 5.00. The highest BCUT2D eigenvalue weighted by Gasteiger charge is 2.22. The van der Waals surface area contributed by atoms with E-state index in [0.29, 0.717) is 12.0 Å². The minimum atomic E-state index is -0.424. The Morgan fingerprint density at radius 3 is 2.40 bits per heavy atom. The Bertz CT molecular complexity index is 342. The molecule has 0 saturated carbocycles. The molecule has 0 aliphatic rings. The zero-order valence-electron chi connectivity index (χ0n) is 9.35. The smallest absolute Gasteiger partial charge is 0.126 e. The van der Waals surface area contributed by atoms with Crippen LogP contribution >= 0.6 is 0 Å². The number of benzene rings is 1. The molecule has 0 spiro atoms. The standard InChI is InChI=1S/C12H17F2N/c1-12(2,3)11(15)7-8-6-9(13)4-5-10(8)14/h4-6,11H,7,15H2,1-3H3. The van der Waals surface area contributed by atoms with Crippen LogP contribution in [0.3, 0.4) is 0 Å². The monoisotopic (exact) mass is 213 g/mol. The molecule has 84 valence electrons. The third kappa shape index (κ3) is 3.27. The van der Waals surface area contributed by atoms with Crippen molar-refractivity contribution >= 4 is 0 Å². The summed E-state index contributed by atoms with van der Waals surface area (Å²) in [5, 5.41) is 0. The van der Waals surface area contributed by atoms with Crippen LogP contribution in [-0.2, 0) is 6.42 Å². The van der Waals surface area contributed by atoms with Gasteiger partial charge in [0.15, 0.2) is 0 Å². The molecule has 0 heterocycles. The third-order valence-electron chi connectivity index (χ3n) is 2.56. The molecule has 0 radical (unpaired) electrons. The third-order valence-corrected chi connectivity index (χ3v) is 2.56. The quantitative estimate of drug-likeness (QED) is 0.803. The molecule has 1 aromatic rings. The topological polar surface area (TPSA) is 26.0 Å². The van der Waals surface area contributed by atoms with Crippen LogP contribution in [0.15, 0.2) is 18.2 Å². The average Bonchev–Trinajstić information content (AvgIpc) is 2.09. The maximum absolute atomic E-state index is 13.3. The molecule has 1 unspecified atom stereocenters. The molecule has 1 nitrogen and oxygen atoms in total. The van der Waals surface area contributed by atoms with Crippen LogP contribution in [0.1, 0.15) is 26.3 Å². The fraction of sp³-hybridized carbons (Fsp3) is 0.500. The molecular formula is C12H17F2N. The van der Waals surface area contributed by atoms with E-state index in [1.165, 1.54) is 6.07 Å². The van der Waals surface area contributed by atoms with Crippen LogP contribution in [0.2, 0.25) is 0 Å². The van der Waals surface area contributed by atoms with E-state index in [1.54, 1.807) is 0 Å². The number of halogens is 2. The Morgan fingerprint density at radius 2 is 1.87 bits per heavy atom. The summed E-state index contributed by atoms with van der Waals surface area (Å²) in [5.41, 5.74) is 6.15. The number of hydrogen-bond donors (Lipinski definition) is 1. The maximum atomic E-state index is 13.3. The molecule has 1 rings (SSSR count). The van der Waals surface area contributed by atoms with Crippen molar-refractivity contribution in [3.8, 4) is 0 Å². The Hall–Kier alpha value is -0.960. The molecule has 0 bridgehead atoms. The lowest BCUT2D eigenvalue weighted by atomic mass is 9.83. The number of hydrogen-bond acceptors (Lipinski definition) is 1. The maximum Gasteiger partial charge on any atom is 0.126 e. The van der Waals surface area contributed by atoms with E-state index in [2.05, 4.69) is 0 Å². The van der Waals surface area contributed by atoms with Crippen LogP contribution in [0.25, 0.3) is 0 Å². The van der Waals surface area contributed by atoms with Crippen molar-refractivity contribution in [2.24, 2.45) is 11.1 Å². The largest absolute Gasteiger partial charge is 0.327 e. The molecule has 0 aliphatic carbocycles. The van der Waals surface area contributed by atoms with Crippen LogP contribution in [-0.4, -0.2) is 6.04 Å². The highest BCUT2D eigenvalue weighted by atomic mass is 19.1. The van der Waals surface area contributed by atoms with Gasteiger partial charge in [-0.1, -0.05) is 20.8 Å². The van der Waals surface area contributed by atoms with Crippen LogP contribution in [0, 0.1) is 17.0 Å². The van der Waals surface area contributed by atoms with Crippen molar-refractivity contribution in [2.75, 3.05) is 0 Å². The van der Waals surface area contributed by atoms with E-state index >= 15 is 0 Å². The van der Waals surface area contributed by atoms with Gasteiger partial charge in [0.2, 0.25) is 0 Å². The highest BCUT2D eigenvalue weighted by Crippen LogP contribution is 2.22. The number of nitrogens with two attached hydrogens (primary N) is 1. The van der Waals surface area contributed by atoms with Gasteiger partial charge < -0.3 is 5.73 Å². The lowest BCUT2D eigenvalue weighted by molar-refractivity contribution is 0.316. The summed E-state index contributed by atoms with van der Waals surface area (Å²) in [4.78, 5) is 0. The van der Waals surface area contributed by atoms with Gasteiger partial charge >= 0.3 is 0 Å². The minimum Gasteiger partial charge on any atom is -0.327 e. The summed E-state index contributed by atoms with van der Waals surface area (Å²) in [5.74, 6) is -0.816. The summed E-state index contributed by atoms with van der Waals surface area (Å²) in [6.07, 6.45) is 0.354.